The topological polar surface area (TPSA) is 160 Å². The number of benzene rings is 2. The lowest BCUT2D eigenvalue weighted by atomic mass is 9.96. The molecule has 0 saturated carbocycles. The molecule has 0 aliphatic carbocycles. The molecule has 2 aromatic rings. The third-order valence-electron chi connectivity index (χ3n) is 7.83. The summed E-state index contributed by atoms with van der Waals surface area (Å²) in [4.78, 5) is 50.8. The van der Waals surface area contributed by atoms with Gasteiger partial charge in [0.1, 0.15) is 6.07 Å². The number of rotatable bonds is 7. The van der Waals surface area contributed by atoms with Gasteiger partial charge in [0.05, 0.1) is 34.5 Å². The number of hydrogen-bond donors (Lipinski definition) is 3. The maximum Gasteiger partial charge on any atom is 0.274 e. The molecule has 3 aliphatic heterocycles. The predicted octanol–water partition coefficient (Wildman–Crippen LogP) is 2.00. The Kier molecular flexibility index (Phi) is 9.42. The van der Waals surface area contributed by atoms with Crippen molar-refractivity contribution in [1.82, 2.24) is 15.1 Å². The molecule has 2 fully saturated rings. The quantitative estimate of drug-likeness (QED) is 0.417. The molecule has 0 aromatic heterocycles. The standard InChI is InChI=1S/C30H30ClF2N7O5/c1-30(36-16-23(38-30)21-4-5-24(45-11-6-34)26(33)25(21)32)29(44)37-18-2-3-20(22(31)13-18)28(43)40-9-7-39(8-10-40)27(42)17-12-19(41)15-35-14-17/h2-5,13,16-17,19,35,41H,7-12,14-15H2,1H3,(H,37,44). The van der Waals surface area contributed by atoms with Crippen molar-refractivity contribution in [1.29, 1.82) is 5.26 Å². The van der Waals surface area contributed by atoms with Gasteiger partial charge in [-0.2, -0.15) is 9.65 Å². The molecule has 12 nitrogen and oxygen atoms in total. The van der Waals surface area contributed by atoms with E-state index < -0.39 is 41.7 Å². The Hall–Kier alpha value is -4.45. The highest BCUT2D eigenvalue weighted by Crippen LogP contribution is 2.29. The fraction of sp³-hybridized carbons (Fsp3) is 0.400. The average molecular weight is 642 g/mol. The number of nitrogens with zero attached hydrogens (tertiary/aromatic N) is 5. The van der Waals surface area contributed by atoms with E-state index in [-0.39, 0.29) is 45.3 Å². The van der Waals surface area contributed by atoms with Crippen molar-refractivity contribution in [2.75, 3.05) is 51.2 Å². The molecule has 15 heteroatoms. The largest absolute Gasteiger partial charge is 0.476 e. The van der Waals surface area contributed by atoms with E-state index in [0.717, 1.165) is 12.3 Å². The molecule has 45 heavy (non-hydrogen) atoms. The van der Waals surface area contributed by atoms with Gasteiger partial charge in [0, 0.05) is 50.5 Å². The minimum atomic E-state index is -1.70. The summed E-state index contributed by atoms with van der Waals surface area (Å²) in [5, 5.41) is 24.2. The van der Waals surface area contributed by atoms with Crippen LogP contribution in [0, 0.1) is 28.9 Å². The van der Waals surface area contributed by atoms with E-state index in [0.29, 0.717) is 45.7 Å². The van der Waals surface area contributed by atoms with E-state index >= 15 is 0 Å². The highest BCUT2D eigenvalue weighted by atomic mass is 35.5. The van der Waals surface area contributed by atoms with Gasteiger partial charge in [0.15, 0.2) is 18.2 Å². The number of aliphatic hydroxyl groups is 1. The zero-order valence-electron chi connectivity index (χ0n) is 24.2. The number of nitriles is 1. The maximum absolute atomic E-state index is 14.7. The van der Waals surface area contributed by atoms with Gasteiger partial charge in [-0.3, -0.25) is 19.4 Å². The van der Waals surface area contributed by atoms with Crippen LogP contribution < -0.4 is 15.4 Å². The van der Waals surface area contributed by atoms with Gasteiger partial charge in [-0.05, 0) is 43.7 Å². The lowest BCUT2D eigenvalue weighted by Gasteiger charge is -2.37. The smallest absolute Gasteiger partial charge is 0.274 e. The van der Waals surface area contributed by atoms with Crippen LogP contribution in [-0.4, -0.2) is 102 Å². The SMILES string of the molecule is CC1(C(=O)Nc2ccc(C(=O)N3CCN(C(=O)C4CNCC(O)C4)CC3)c(Cl)c2)N=CC(c2ccc(OCC#N)c(F)c2F)=N1. The Balaban J connectivity index is 1.20. The van der Waals surface area contributed by atoms with Crippen LogP contribution in [0.4, 0.5) is 14.5 Å². The van der Waals surface area contributed by atoms with Gasteiger partial charge in [-0.15, -0.1) is 0 Å². The van der Waals surface area contributed by atoms with Crippen molar-refractivity contribution in [3.8, 4) is 11.8 Å². The molecule has 3 atom stereocenters. The summed E-state index contributed by atoms with van der Waals surface area (Å²) in [6, 6.07) is 8.44. The molecule has 2 saturated heterocycles. The first-order valence-corrected chi connectivity index (χ1v) is 14.6. The first kappa shape index (κ1) is 32.0. The van der Waals surface area contributed by atoms with Gasteiger partial charge in [0.25, 0.3) is 11.8 Å². The Labute approximate surface area is 262 Å². The number of β-amino-alcohol motifs (C(OH)–C–C–N with tert-alkyl or cyclic N) is 1. The first-order chi connectivity index (χ1) is 21.5. The van der Waals surface area contributed by atoms with Gasteiger partial charge in [-0.1, -0.05) is 11.6 Å². The number of ether oxygens (including phenoxy) is 1. The fourth-order valence-corrected chi connectivity index (χ4v) is 5.61. The lowest BCUT2D eigenvalue weighted by molar-refractivity contribution is -0.138. The number of carbonyl (C=O) groups is 3. The number of aliphatic hydroxyl groups excluding tert-OH is 1. The summed E-state index contributed by atoms with van der Waals surface area (Å²) in [5.74, 6) is -4.33. The Bertz CT molecular complexity index is 1620. The second kappa shape index (κ2) is 13.3. The molecule has 0 radical (unpaired) electrons. The third kappa shape index (κ3) is 6.80. The van der Waals surface area contributed by atoms with Crippen LogP contribution in [0.5, 0.6) is 5.75 Å². The predicted molar refractivity (Wildman–Crippen MR) is 160 cm³/mol. The Morgan fingerprint density at radius 3 is 2.58 bits per heavy atom. The monoisotopic (exact) mass is 641 g/mol. The molecule has 3 N–H and O–H groups in total. The molecular weight excluding hydrogens is 612 g/mol. The zero-order valence-corrected chi connectivity index (χ0v) is 25.0. The molecule has 0 bridgehead atoms. The molecule has 3 amide bonds. The second-order valence-corrected chi connectivity index (χ2v) is 11.4. The summed E-state index contributed by atoms with van der Waals surface area (Å²) >= 11 is 6.44. The highest BCUT2D eigenvalue weighted by Gasteiger charge is 2.37. The normalized spacial score (nSPS) is 22.9. The molecule has 236 valence electrons. The molecular formula is C30H30ClF2N7O5. The number of amides is 3. The summed E-state index contributed by atoms with van der Waals surface area (Å²) in [5.41, 5.74) is -1.52. The summed E-state index contributed by atoms with van der Waals surface area (Å²) in [6.45, 7) is 3.28. The number of nitrogens with one attached hydrogen (secondary N) is 2. The van der Waals surface area contributed by atoms with Crippen molar-refractivity contribution in [3.63, 3.8) is 0 Å². The van der Waals surface area contributed by atoms with Gasteiger partial charge in [-0.25, -0.2) is 9.38 Å². The average Bonchev–Trinajstić information content (AvgIpc) is 3.44. The summed E-state index contributed by atoms with van der Waals surface area (Å²) in [6.07, 6.45) is 1.01. The zero-order chi connectivity index (χ0) is 32.3. The minimum absolute atomic E-state index is 0.0416. The number of carbonyl (C=O) groups excluding carboxylic acids is 3. The third-order valence-corrected chi connectivity index (χ3v) is 8.15. The minimum Gasteiger partial charge on any atom is -0.476 e. The van der Waals surface area contributed by atoms with Gasteiger partial charge < -0.3 is 30.3 Å². The van der Waals surface area contributed by atoms with Crippen molar-refractivity contribution in [2.24, 2.45) is 15.9 Å². The van der Waals surface area contributed by atoms with E-state index in [1.54, 1.807) is 15.9 Å². The number of piperidine rings is 1. The summed E-state index contributed by atoms with van der Waals surface area (Å²) < 4.78 is 34.0. The number of anilines is 1. The van der Waals surface area contributed by atoms with Crippen LogP contribution in [-0.2, 0) is 9.59 Å². The number of piperazine rings is 1. The van der Waals surface area contributed by atoms with Crippen molar-refractivity contribution >= 4 is 46.9 Å². The van der Waals surface area contributed by atoms with E-state index in [1.165, 1.54) is 31.2 Å². The van der Waals surface area contributed by atoms with Crippen molar-refractivity contribution < 1.29 is 33.0 Å². The molecule has 0 spiro atoms. The number of halogens is 3. The Morgan fingerprint density at radius 1 is 1.16 bits per heavy atom. The lowest BCUT2D eigenvalue weighted by Crippen LogP contribution is -2.54. The van der Waals surface area contributed by atoms with Crippen LogP contribution in [0.25, 0.3) is 0 Å². The molecule has 2 aromatic carbocycles. The summed E-state index contributed by atoms with van der Waals surface area (Å²) in [7, 11) is 0. The van der Waals surface area contributed by atoms with Crippen LogP contribution in [0.1, 0.15) is 29.3 Å². The number of aliphatic imine (C=N–C) groups is 2. The van der Waals surface area contributed by atoms with E-state index in [2.05, 4.69) is 20.6 Å². The van der Waals surface area contributed by atoms with Crippen LogP contribution in [0.15, 0.2) is 40.3 Å². The maximum atomic E-state index is 14.7. The Morgan fingerprint density at radius 2 is 1.89 bits per heavy atom. The van der Waals surface area contributed by atoms with E-state index in [4.69, 9.17) is 21.6 Å². The van der Waals surface area contributed by atoms with Gasteiger partial charge >= 0.3 is 0 Å². The fourth-order valence-electron chi connectivity index (χ4n) is 5.35. The molecule has 3 unspecified atom stereocenters. The van der Waals surface area contributed by atoms with Crippen LogP contribution >= 0.6 is 11.6 Å². The molecule has 5 rings (SSSR count). The van der Waals surface area contributed by atoms with Crippen molar-refractivity contribution in [3.05, 3.63) is 58.1 Å². The highest BCUT2D eigenvalue weighted by molar-refractivity contribution is 6.40. The van der Waals surface area contributed by atoms with E-state index in [1.807, 2.05) is 0 Å². The second-order valence-electron chi connectivity index (χ2n) is 11.0. The molecule has 3 aliphatic rings. The first-order valence-electron chi connectivity index (χ1n) is 14.2. The van der Waals surface area contributed by atoms with E-state index in [9.17, 15) is 28.3 Å². The number of hydrogen-bond acceptors (Lipinski definition) is 9. The van der Waals surface area contributed by atoms with Crippen LogP contribution in [0.3, 0.4) is 0 Å². The van der Waals surface area contributed by atoms with Gasteiger partial charge in [0.2, 0.25) is 17.4 Å². The van der Waals surface area contributed by atoms with Crippen LogP contribution in [0.2, 0.25) is 5.02 Å². The van der Waals surface area contributed by atoms with Crippen molar-refractivity contribution in [2.45, 2.75) is 25.1 Å². The molecule has 3 heterocycles.